The minimum atomic E-state index is -0.125. The van der Waals surface area contributed by atoms with E-state index in [9.17, 15) is 9.59 Å². The first-order valence-corrected chi connectivity index (χ1v) is 11.9. The Morgan fingerprint density at radius 3 is 2.88 bits per heavy atom. The highest BCUT2D eigenvalue weighted by atomic mass is 32.1. The number of ether oxygens (including phenoxy) is 2. The number of amides is 2. The predicted octanol–water partition coefficient (Wildman–Crippen LogP) is 3.39. The molecule has 0 saturated carbocycles. The number of carbonyl (C=O) groups is 2. The molecule has 1 saturated heterocycles. The zero-order valence-electron chi connectivity index (χ0n) is 19.0. The fourth-order valence-electron chi connectivity index (χ4n) is 3.77. The molecule has 0 spiro atoms. The Morgan fingerprint density at radius 2 is 2.12 bits per heavy atom. The molecule has 1 aliphatic rings. The second-order valence-electron chi connectivity index (χ2n) is 7.87. The third kappa shape index (κ3) is 6.43. The summed E-state index contributed by atoms with van der Waals surface area (Å²) in [7, 11) is 3.21. The molecule has 2 heterocycles. The van der Waals surface area contributed by atoms with Gasteiger partial charge < -0.3 is 20.1 Å². The lowest BCUT2D eigenvalue weighted by atomic mass is 9.97. The number of unbranched alkanes of at least 4 members (excludes halogenated alkanes) is 1. The van der Waals surface area contributed by atoms with Gasteiger partial charge in [0.25, 0.3) is 0 Å². The molecule has 2 amide bonds. The fraction of sp³-hybridized carbons (Fsp3) is 0.522. The highest BCUT2D eigenvalue weighted by Crippen LogP contribution is 2.34. The Labute approximate surface area is 193 Å². The normalized spacial score (nSPS) is 16.4. The Balaban J connectivity index is 1.55. The maximum atomic E-state index is 12.6. The third-order valence-electron chi connectivity index (χ3n) is 5.51. The number of thiazole rings is 1. The van der Waals surface area contributed by atoms with Gasteiger partial charge in [0.05, 0.1) is 32.4 Å². The van der Waals surface area contributed by atoms with E-state index in [2.05, 4.69) is 22.5 Å². The second kappa shape index (κ2) is 11.8. The van der Waals surface area contributed by atoms with E-state index >= 15 is 0 Å². The molecule has 1 unspecified atom stereocenters. The highest BCUT2D eigenvalue weighted by Gasteiger charge is 2.26. The van der Waals surface area contributed by atoms with Crippen LogP contribution in [0.5, 0.6) is 11.5 Å². The number of benzene rings is 1. The largest absolute Gasteiger partial charge is 0.497 e. The number of hydrogen-bond donors (Lipinski definition) is 2. The molecular weight excluding hydrogens is 428 g/mol. The molecule has 1 atom stereocenters. The first-order valence-electron chi connectivity index (χ1n) is 11.0. The number of carbonyl (C=O) groups excluding carboxylic acids is 2. The molecule has 1 aromatic carbocycles. The van der Waals surface area contributed by atoms with Crippen LogP contribution in [0, 0.1) is 5.92 Å². The monoisotopic (exact) mass is 460 g/mol. The third-order valence-corrected chi connectivity index (χ3v) is 6.27. The molecule has 2 aromatic rings. The van der Waals surface area contributed by atoms with Gasteiger partial charge in [0.15, 0.2) is 5.13 Å². The second-order valence-corrected chi connectivity index (χ2v) is 8.73. The van der Waals surface area contributed by atoms with Gasteiger partial charge in [-0.1, -0.05) is 13.3 Å². The van der Waals surface area contributed by atoms with Gasteiger partial charge >= 0.3 is 0 Å². The zero-order chi connectivity index (χ0) is 22.9. The van der Waals surface area contributed by atoms with Crippen LogP contribution < -0.4 is 20.1 Å². The number of piperidine rings is 1. The lowest BCUT2D eigenvalue weighted by molar-refractivity contribution is -0.127. The van der Waals surface area contributed by atoms with Crippen LogP contribution in [-0.4, -0.2) is 62.1 Å². The minimum Gasteiger partial charge on any atom is -0.497 e. The van der Waals surface area contributed by atoms with E-state index in [0.717, 1.165) is 50.0 Å². The van der Waals surface area contributed by atoms with Crippen molar-refractivity contribution < 1.29 is 19.1 Å². The van der Waals surface area contributed by atoms with Gasteiger partial charge in [-0.3, -0.25) is 14.5 Å². The molecule has 1 fully saturated rings. The van der Waals surface area contributed by atoms with E-state index in [1.807, 2.05) is 22.4 Å². The Morgan fingerprint density at radius 1 is 1.28 bits per heavy atom. The number of hydrogen-bond acceptors (Lipinski definition) is 7. The number of nitrogens with one attached hydrogen (secondary N) is 2. The van der Waals surface area contributed by atoms with Gasteiger partial charge in [0, 0.05) is 30.1 Å². The van der Waals surface area contributed by atoms with Crippen LogP contribution >= 0.6 is 11.3 Å². The summed E-state index contributed by atoms with van der Waals surface area (Å²) >= 11 is 1.37. The first-order chi connectivity index (χ1) is 15.5. The van der Waals surface area contributed by atoms with Crippen LogP contribution in [0.3, 0.4) is 0 Å². The Hall–Kier alpha value is -2.65. The van der Waals surface area contributed by atoms with E-state index in [-0.39, 0.29) is 24.3 Å². The van der Waals surface area contributed by atoms with E-state index in [0.29, 0.717) is 23.2 Å². The maximum absolute atomic E-state index is 12.6. The van der Waals surface area contributed by atoms with Crippen LogP contribution in [0.15, 0.2) is 23.6 Å². The highest BCUT2D eigenvalue weighted by molar-refractivity contribution is 7.14. The standard InChI is InChI=1S/C23H32N4O4S/c1-4-5-10-24-22(29)16-7-6-11-27(13-16)14-21(28)26-23-25-19(15-32-23)18-9-8-17(30-2)12-20(18)31-3/h8-9,12,15-16H,4-7,10-11,13-14H2,1-3H3,(H,24,29)(H,25,26,28). The summed E-state index contributed by atoms with van der Waals surface area (Å²) in [6.07, 6.45) is 3.83. The van der Waals surface area contributed by atoms with Crippen molar-refractivity contribution in [1.82, 2.24) is 15.2 Å². The van der Waals surface area contributed by atoms with Crippen LogP contribution in [0.4, 0.5) is 5.13 Å². The molecule has 1 aliphatic heterocycles. The van der Waals surface area contributed by atoms with E-state index in [4.69, 9.17) is 9.47 Å². The quantitative estimate of drug-likeness (QED) is 0.528. The number of methoxy groups -OCH3 is 2. The number of anilines is 1. The summed E-state index contributed by atoms with van der Waals surface area (Å²) < 4.78 is 10.7. The lowest BCUT2D eigenvalue weighted by Crippen LogP contribution is -2.45. The van der Waals surface area contributed by atoms with Crippen LogP contribution in [0.1, 0.15) is 32.6 Å². The van der Waals surface area contributed by atoms with Crippen LogP contribution in [-0.2, 0) is 9.59 Å². The van der Waals surface area contributed by atoms with Crippen molar-refractivity contribution in [2.24, 2.45) is 5.92 Å². The molecule has 1 aromatic heterocycles. The lowest BCUT2D eigenvalue weighted by Gasteiger charge is -2.31. The SMILES string of the molecule is CCCCNC(=O)C1CCCN(CC(=O)Nc2nc(-c3ccc(OC)cc3OC)cs2)C1. The summed E-state index contributed by atoms with van der Waals surface area (Å²) in [4.78, 5) is 31.5. The minimum absolute atomic E-state index is 0.0533. The summed E-state index contributed by atoms with van der Waals surface area (Å²) in [6, 6.07) is 5.54. The molecule has 8 nitrogen and oxygen atoms in total. The molecule has 0 aliphatic carbocycles. The number of aromatic nitrogens is 1. The van der Waals surface area contributed by atoms with Crippen molar-refractivity contribution in [3.05, 3.63) is 23.6 Å². The number of rotatable bonds is 10. The van der Waals surface area contributed by atoms with Crippen molar-refractivity contribution in [1.29, 1.82) is 0 Å². The van der Waals surface area contributed by atoms with Gasteiger partial charge in [0.2, 0.25) is 11.8 Å². The van der Waals surface area contributed by atoms with Gasteiger partial charge in [-0.05, 0) is 37.9 Å². The molecule has 32 heavy (non-hydrogen) atoms. The summed E-state index contributed by atoms with van der Waals surface area (Å²) in [5.41, 5.74) is 1.56. The Bertz CT molecular complexity index is 917. The smallest absolute Gasteiger partial charge is 0.240 e. The number of nitrogens with zero attached hydrogens (tertiary/aromatic N) is 2. The molecular formula is C23H32N4O4S. The fourth-order valence-corrected chi connectivity index (χ4v) is 4.50. The van der Waals surface area contributed by atoms with Crippen LogP contribution in [0.2, 0.25) is 0 Å². The zero-order valence-corrected chi connectivity index (χ0v) is 19.8. The molecule has 0 radical (unpaired) electrons. The topological polar surface area (TPSA) is 92.8 Å². The Kier molecular flexibility index (Phi) is 8.87. The van der Waals surface area contributed by atoms with Crippen molar-refractivity contribution >= 4 is 28.3 Å². The molecule has 9 heteroatoms. The van der Waals surface area contributed by atoms with Crippen molar-refractivity contribution in [2.45, 2.75) is 32.6 Å². The van der Waals surface area contributed by atoms with Gasteiger partial charge in [-0.25, -0.2) is 4.98 Å². The van der Waals surface area contributed by atoms with Crippen molar-refractivity contribution in [2.75, 3.05) is 45.7 Å². The van der Waals surface area contributed by atoms with Gasteiger partial charge in [0.1, 0.15) is 11.5 Å². The van der Waals surface area contributed by atoms with E-state index in [1.165, 1.54) is 11.3 Å². The summed E-state index contributed by atoms with van der Waals surface area (Å²) in [5.74, 6) is 1.28. The van der Waals surface area contributed by atoms with Crippen LogP contribution in [0.25, 0.3) is 11.3 Å². The van der Waals surface area contributed by atoms with Crippen molar-refractivity contribution in [3.8, 4) is 22.8 Å². The average molecular weight is 461 g/mol. The molecule has 3 rings (SSSR count). The van der Waals surface area contributed by atoms with E-state index in [1.54, 1.807) is 20.3 Å². The van der Waals surface area contributed by atoms with Crippen molar-refractivity contribution in [3.63, 3.8) is 0 Å². The summed E-state index contributed by atoms with van der Waals surface area (Å²) in [5, 5.41) is 8.32. The number of likely N-dealkylation sites (tertiary alicyclic amines) is 1. The maximum Gasteiger partial charge on any atom is 0.240 e. The summed E-state index contributed by atoms with van der Waals surface area (Å²) in [6.45, 7) is 4.50. The molecule has 0 bridgehead atoms. The first kappa shape index (κ1) is 24.0. The predicted molar refractivity (Wildman–Crippen MR) is 126 cm³/mol. The van der Waals surface area contributed by atoms with Gasteiger partial charge in [-0.2, -0.15) is 0 Å². The van der Waals surface area contributed by atoms with Gasteiger partial charge in [-0.15, -0.1) is 11.3 Å². The average Bonchev–Trinajstić information content (AvgIpc) is 3.26. The molecule has 2 N–H and O–H groups in total. The molecule has 174 valence electrons. The van der Waals surface area contributed by atoms with E-state index < -0.39 is 0 Å².